The molecule has 1 rings (SSSR count). The highest BCUT2D eigenvalue weighted by molar-refractivity contribution is 7.99. The van der Waals surface area contributed by atoms with Crippen molar-refractivity contribution < 1.29 is 0 Å². The van der Waals surface area contributed by atoms with Crippen LogP contribution in [-0.2, 0) is 13.5 Å². The monoisotopic (exact) mass is 255 g/mol. The molecule has 0 bridgehead atoms. The molecule has 0 aliphatic carbocycles. The van der Waals surface area contributed by atoms with Gasteiger partial charge in [-0.1, -0.05) is 20.8 Å². The lowest BCUT2D eigenvalue weighted by atomic mass is 10.2. The van der Waals surface area contributed by atoms with E-state index in [0.29, 0.717) is 11.3 Å². The molecule has 0 aliphatic rings. The largest absolute Gasteiger partial charge is 0.338 e. The molecule has 1 N–H and O–H groups in total. The fourth-order valence-electron chi connectivity index (χ4n) is 1.78. The van der Waals surface area contributed by atoms with Crippen LogP contribution in [0.3, 0.4) is 0 Å². The minimum Gasteiger partial charge on any atom is -0.338 e. The summed E-state index contributed by atoms with van der Waals surface area (Å²) >= 11 is 2.03. The predicted molar refractivity (Wildman–Crippen MR) is 76.6 cm³/mol. The number of imidazole rings is 1. The Balaban J connectivity index is 2.36. The molecule has 0 saturated carbocycles. The zero-order valence-electron chi connectivity index (χ0n) is 11.4. The van der Waals surface area contributed by atoms with Crippen molar-refractivity contribution >= 4 is 11.8 Å². The molecular weight excluding hydrogens is 230 g/mol. The standard InChI is InChI=1S/C13H25N3S/c1-5-14-12(10-17-11(2)3)6-7-13-15-8-9-16(13)4/h8-9,11-12,14H,5-7,10H2,1-4H3. The second kappa shape index (κ2) is 7.77. The summed E-state index contributed by atoms with van der Waals surface area (Å²) in [5, 5.41) is 4.27. The predicted octanol–water partition coefficient (Wildman–Crippen LogP) is 2.47. The number of hydrogen-bond donors (Lipinski definition) is 1. The quantitative estimate of drug-likeness (QED) is 0.774. The van der Waals surface area contributed by atoms with Gasteiger partial charge in [-0.05, 0) is 18.2 Å². The Hall–Kier alpha value is -0.480. The average Bonchev–Trinajstić information content (AvgIpc) is 2.68. The Labute approximate surface area is 109 Å². The van der Waals surface area contributed by atoms with Gasteiger partial charge in [-0.3, -0.25) is 0 Å². The first-order valence-corrected chi connectivity index (χ1v) is 7.49. The van der Waals surface area contributed by atoms with E-state index in [4.69, 9.17) is 0 Å². The van der Waals surface area contributed by atoms with Gasteiger partial charge in [0.1, 0.15) is 5.82 Å². The molecule has 0 fully saturated rings. The number of aromatic nitrogens is 2. The van der Waals surface area contributed by atoms with Crippen LogP contribution in [0.5, 0.6) is 0 Å². The van der Waals surface area contributed by atoms with Gasteiger partial charge >= 0.3 is 0 Å². The minimum atomic E-state index is 0.601. The molecule has 1 unspecified atom stereocenters. The molecule has 1 aromatic heterocycles. The van der Waals surface area contributed by atoms with E-state index in [9.17, 15) is 0 Å². The van der Waals surface area contributed by atoms with Crippen LogP contribution in [0, 0.1) is 0 Å². The van der Waals surface area contributed by atoms with E-state index in [1.54, 1.807) is 0 Å². The summed E-state index contributed by atoms with van der Waals surface area (Å²) in [5.41, 5.74) is 0. The fourth-order valence-corrected chi connectivity index (χ4v) is 2.68. The van der Waals surface area contributed by atoms with Crippen LogP contribution in [0.4, 0.5) is 0 Å². The fraction of sp³-hybridized carbons (Fsp3) is 0.769. The van der Waals surface area contributed by atoms with Crippen LogP contribution in [0.15, 0.2) is 12.4 Å². The number of nitrogens with zero attached hydrogens (tertiary/aromatic N) is 2. The Kier molecular flexibility index (Phi) is 6.66. The number of rotatable bonds is 8. The third kappa shape index (κ3) is 5.59. The van der Waals surface area contributed by atoms with Crippen LogP contribution in [0.25, 0.3) is 0 Å². The maximum atomic E-state index is 4.37. The highest BCUT2D eigenvalue weighted by Crippen LogP contribution is 2.13. The summed E-state index contributed by atoms with van der Waals surface area (Å²) in [7, 11) is 2.06. The highest BCUT2D eigenvalue weighted by Gasteiger charge is 2.10. The second-order valence-corrected chi connectivity index (χ2v) is 6.24. The van der Waals surface area contributed by atoms with Crippen molar-refractivity contribution in [1.82, 2.24) is 14.9 Å². The molecular formula is C13H25N3S. The SMILES string of the molecule is CCNC(CCc1nccn1C)CSC(C)C. The lowest BCUT2D eigenvalue weighted by Crippen LogP contribution is -2.32. The molecule has 98 valence electrons. The van der Waals surface area contributed by atoms with E-state index in [0.717, 1.165) is 13.0 Å². The average molecular weight is 255 g/mol. The lowest BCUT2D eigenvalue weighted by molar-refractivity contribution is 0.526. The van der Waals surface area contributed by atoms with Crippen molar-refractivity contribution in [2.24, 2.45) is 7.05 Å². The van der Waals surface area contributed by atoms with Crippen LogP contribution in [0.1, 0.15) is 33.0 Å². The molecule has 3 nitrogen and oxygen atoms in total. The second-order valence-electron chi connectivity index (χ2n) is 4.63. The van der Waals surface area contributed by atoms with Gasteiger partial charge in [0.15, 0.2) is 0 Å². The summed E-state index contributed by atoms with van der Waals surface area (Å²) in [4.78, 5) is 4.37. The molecule has 0 amide bonds. The van der Waals surface area contributed by atoms with Crippen LogP contribution < -0.4 is 5.32 Å². The summed E-state index contributed by atoms with van der Waals surface area (Å²) < 4.78 is 2.11. The zero-order chi connectivity index (χ0) is 12.7. The zero-order valence-corrected chi connectivity index (χ0v) is 12.3. The smallest absolute Gasteiger partial charge is 0.108 e. The Morgan fingerprint density at radius 2 is 2.24 bits per heavy atom. The van der Waals surface area contributed by atoms with Gasteiger partial charge in [0.2, 0.25) is 0 Å². The van der Waals surface area contributed by atoms with Crippen molar-refractivity contribution in [1.29, 1.82) is 0 Å². The van der Waals surface area contributed by atoms with Gasteiger partial charge in [-0.25, -0.2) is 4.98 Å². The van der Waals surface area contributed by atoms with Crippen molar-refractivity contribution in [3.63, 3.8) is 0 Å². The third-order valence-electron chi connectivity index (χ3n) is 2.76. The molecule has 0 radical (unpaired) electrons. The van der Waals surface area contributed by atoms with Gasteiger partial charge < -0.3 is 9.88 Å². The van der Waals surface area contributed by atoms with Gasteiger partial charge in [0.05, 0.1) is 0 Å². The van der Waals surface area contributed by atoms with E-state index in [2.05, 4.69) is 42.7 Å². The lowest BCUT2D eigenvalue weighted by Gasteiger charge is -2.18. The van der Waals surface area contributed by atoms with E-state index < -0.39 is 0 Å². The van der Waals surface area contributed by atoms with Crippen LogP contribution in [-0.4, -0.2) is 33.1 Å². The summed E-state index contributed by atoms with van der Waals surface area (Å²) in [5.74, 6) is 2.37. The summed E-state index contributed by atoms with van der Waals surface area (Å²) in [6.45, 7) is 7.73. The van der Waals surface area contributed by atoms with E-state index in [-0.39, 0.29) is 0 Å². The summed E-state index contributed by atoms with van der Waals surface area (Å²) in [6, 6.07) is 0.601. The number of nitrogens with one attached hydrogen (secondary N) is 1. The maximum Gasteiger partial charge on any atom is 0.108 e. The van der Waals surface area contributed by atoms with Crippen LogP contribution in [0.2, 0.25) is 0 Å². The Morgan fingerprint density at radius 1 is 1.47 bits per heavy atom. The first kappa shape index (κ1) is 14.6. The number of hydrogen-bond acceptors (Lipinski definition) is 3. The molecule has 0 spiro atoms. The highest BCUT2D eigenvalue weighted by atomic mass is 32.2. The maximum absolute atomic E-state index is 4.37. The van der Waals surface area contributed by atoms with E-state index in [1.165, 1.54) is 18.0 Å². The molecule has 0 saturated heterocycles. The van der Waals surface area contributed by atoms with Crippen molar-refractivity contribution in [2.45, 2.75) is 44.9 Å². The minimum absolute atomic E-state index is 0.601. The topological polar surface area (TPSA) is 29.9 Å². The van der Waals surface area contributed by atoms with E-state index >= 15 is 0 Å². The van der Waals surface area contributed by atoms with Gasteiger partial charge in [-0.2, -0.15) is 11.8 Å². The normalized spacial score (nSPS) is 13.2. The molecule has 17 heavy (non-hydrogen) atoms. The number of aryl methyl sites for hydroxylation is 2. The van der Waals surface area contributed by atoms with Crippen molar-refractivity contribution in [3.8, 4) is 0 Å². The summed E-state index contributed by atoms with van der Waals surface area (Å²) in [6.07, 6.45) is 6.11. The van der Waals surface area contributed by atoms with Gasteiger partial charge in [0.25, 0.3) is 0 Å². The molecule has 0 aromatic carbocycles. The van der Waals surface area contributed by atoms with E-state index in [1.807, 2.05) is 24.2 Å². The Morgan fingerprint density at radius 3 is 2.76 bits per heavy atom. The Bertz CT molecular complexity index is 309. The third-order valence-corrected chi connectivity index (χ3v) is 4.02. The molecule has 1 heterocycles. The van der Waals surface area contributed by atoms with Gasteiger partial charge in [0, 0.05) is 37.7 Å². The first-order chi connectivity index (χ1) is 8.13. The molecule has 4 heteroatoms. The molecule has 1 atom stereocenters. The van der Waals surface area contributed by atoms with Crippen LogP contribution >= 0.6 is 11.8 Å². The number of thioether (sulfide) groups is 1. The van der Waals surface area contributed by atoms with Crippen molar-refractivity contribution in [3.05, 3.63) is 18.2 Å². The first-order valence-electron chi connectivity index (χ1n) is 6.44. The van der Waals surface area contributed by atoms with Gasteiger partial charge in [-0.15, -0.1) is 0 Å². The van der Waals surface area contributed by atoms with Crippen molar-refractivity contribution in [2.75, 3.05) is 12.3 Å². The molecule has 0 aliphatic heterocycles. The molecule has 1 aromatic rings.